The van der Waals surface area contributed by atoms with E-state index in [0.717, 1.165) is 0 Å². The van der Waals surface area contributed by atoms with Gasteiger partial charge in [-0.25, -0.2) is 4.79 Å². The van der Waals surface area contributed by atoms with Crippen molar-refractivity contribution in [2.45, 2.75) is 25.4 Å². The first-order chi connectivity index (χ1) is 7.48. The maximum atomic E-state index is 11.8. The van der Waals surface area contributed by atoms with Crippen molar-refractivity contribution in [3.05, 3.63) is 0 Å². The monoisotopic (exact) mass is 230 g/mol. The average Bonchev–Trinajstić information content (AvgIpc) is 2.27. The number of amides is 2. The Morgan fingerprint density at radius 3 is 2.38 bits per heavy atom. The summed E-state index contributed by atoms with van der Waals surface area (Å²) < 4.78 is 5.20. The van der Waals surface area contributed by atoms with E-state index >= 15 is 0 Å². The van der Waals surface area contributed by atoms with Gasteiger partial charge in [-0.3, -0.25) is 0 Å². The van der Waals surface area contributed by atoms with Crippen molar-refractivity contribution in [1.29, 1.82) is 0 Å². The molecule has 5 nitrogen and oxygen atoms in total. The summed E-state index contributed by atoms with van der Waals surface area (Å²) in [5.41, 5.74) is -0.781. The van der Waals surface area contributed by atoms with Crippen LogP contribution in [-0.4, -0.2) is 66.9 Å². The van der Waals surface area contributed by atoms with Crippen LogP contribution in [0.3, 0.4) is 0 Å². The van der Waals surface area contributed by atoms with Crippen molar-refractivity contribution in [3.8, 4) is 0 Å². The SMILES string of the molecule is CCN(C)C(=O)N(C)CC1(O)CCOCC1. The molecule has 1 N–H and O–H groups in total. The third-order valence-electron chi connectivity index (χ3n) is 3.08. The Labute approximate surface area is 97.0 Å². The minimum atomic E-state index is -0.781. The molecule has 94 valence electrons. The first kappa shape index (κ1) is 13.3. The zero-order valence-electron chi connectivity index (χ0n) is 10.4. The summed E-state index contributed by atoms with van der Waals surface area (Å²) in [5, 5.41) is 10.3. The highest BCUT2D eigenvalue weighted by atomic mass is 16.5. The molecular weight excluding hydrogens is 208 g/mol. The number of rotatable bonds is 3. The van der Waals surface area contributed by atoms with Crippen molar-refractivity contribution in [2.24, 2.45) is 0 Å². The fourth-order valence-corrected chi connectivity index (χ4v) is 1.85. The maximum absolute atomic E-state index is 11.8. The van der Waals surface area contributed by atoms with Crippen LogP contribution < -0.4 is 0 Å². The Morgan fingerprint density at radius 2 is 1.88 bits per heavy atom. The van der Waals surface area contributed by atoms with E-state index in [1.807, 2.05) is 6.92 Å². The molecule has 0 aromatic rings. The predicted octanol–water partition coefficient (Wildman–Crippen LogP) is 0.531. The van der Waals surface area contributed by atoms with Crippen LogP contribution in [0.2, 0.25) is 0 Å². The quantitative estimate of drug-likeness (QED) is 0.769. The van der Waals surface area contributed by atoms with Crippen molar-refractivity contribution >= 4 is 6.03 Å². The molecular formula is C11H22N2O3. The van der Waals surface area contributed by atoms with E-state index in [4.69, 9.17) is 4.74 Å². The Balaban J connectivity index is 2.49. The molecule has 0 saturated carbocycles. The highest BCUT2D eigenvalue weighted by Gasteiger charge is 2.32. The number of likely N-dealkylation sites (N-methyl/N-ethyl adjacent to an activating group) is 1. The van der Waals surface area contributed by atoms with E-state index in [9.17, 15) is 9.90 Å². The summed E-state index contributed by atoms with van der Waals surface area (Å²) in [6.07, 6.45) is 1.20. The van der Waals surface area contributed by atoms with Crippen molar-refractivity contribution in [1.82, 2.24) is 9.80 Å². The van der Waals surface area contributed by atoms with Gasteiger partial charge in [-0.1, -0.05) is 0 Å². The van der Waals surface area contributed by atoms with Gasteiger partial charge in [0.2, 0.25) is 0 Å². The van der Waals surface area contributed by atoms with Gasteiger partial charge in [0.25, 0.3) is 0 Å². The highest BCUT2D eigenvalue weighted by molar-refractivity contribution is 5.73. The van der Waals surface area contributed by atoms with Crippen molar-refractivity contribution in [2.75, 3.05) is 40.4 Å². The molecule has 1 fully saturated rings. The van der Waals surface area contributed by atoms with E-state index in [0.29, 0.717) is 39.1 Å². The normalized spacial score (nSPS) is 19.2. The van der Waals surface area contributed by atoms with Gasteiger partial charge in [-0.15, -0.1) is 0 Å². The summed E-state index contributed by atoms with van der Waals surface area (Å²) in [6.45, 7) is 4.11. The number of aliphatic hydroxyl groups is 1. The lowest BCUT2D eigenvalue weighted by Crippen LogP contribution is -2.50. The first-order valence-corrected chi connectivity index (χ1v) is 5.75. The second kappa shape index (κ2) is 5.50. The third kappa shape index (κ3) is 3.35. The number of hydrogen-bond acceptors (Lipinski definition) is 3. The number of ether oxygens (including phenoxy) is 1. The number of nitrogens with zero attached hydrogens (tertiary/aromatic N) is 2. The molecule has 0 aromatic heterocycles. The fourth-order valence-electron chi connectivity index (χ4n) is 1.85. The molecule has 1 aliphatic heterocycles. The maximum Gasteiger partial charge on any atom is 0.319 e. The van der Waals surface area contributed by atoms with E-state index in [1.165, 1.54) is 0 Å². The topological polar surface area (TPSA) is 53.0 Å². The molecule has 0 aliphatic carbocycles. The lowest BCUT2D eigenvalue weighted by Gasteiger charge is -2.36. The van der Waals surface area contributed by atoms with Crippen LogP contribution in [0.4, 0.5) is 4.79 Å². The zero-order valence-corrected chi connectivity index (χ0v) is 10.4. The van der Waals surface area contributed by atoms with Gasteiger partial charge in [0.15, 0.2) is 0 Å². The van der Waals surface area contributed by atoms with Gasteiger partial charge in [0.1, 0.15) is 0 Å². The minimum Gasteiger partial charge on any atom is -0.388 e. The molecule has 5 heteroatoms. The highest BCUT2D eigenvalue weighted by Crippen LogP contribution is 2.21. The molecule has 0 radical (unpaired) electrons. The van der Waals surface area contributed by atoms with Gasteiger partial charge >= 0.3 is 6.03 Å². The standard InChI is InChI=1S/C11H22N2O3/c1-4-12(2)10(14)13(3)9-11(15)5-7-16-8-6-11/h15H,4-9H2,1-3H3. The van der Waals surface area contributed by atoms with Crippen LogP contribution >= 0.6 is 0 Å². The first-order valence-electron chi connectivity index (χ1n) is 5.75. The van der Waals surface area contributed by atoms with Gasteiger partial charge in [0, 0.05) is 46.7 Å². The lowest BCUT2D eigenvalue weighted by molar-refractivity contribution is -0.0731. The molecule has 1 rings (SSSR count). The molecule has 1 heterocycles. The Kier molecular flexibility index (Phi) is 4.56. The van der Waals surface area contributed by atoms with Crippen LogP contribution in [0.15, 0.2) is 0 Å². The largest absolute Gasteiger partial charge is 0.388 e. The predicted molar refractivity (Wildman–Crippen MR) is 61.3 cm³/mol. The van der Waals surface area contributed by atoms with Crippen LogP contribution in [0.25, 0.3) is 0 Å². The smallest absolute Gasteiger partial charge is 0.319 e. The number of urea groups is 1. The molecule has 0 atom stereocenters. The van der Waals surface area contributed by atoms with E-state index in [1.54, 1.807) is 23.9 Å². The molecule has 0 aromatic carbocycles. The van der Waals surface area contributed by atoms with Gasteiger partial charge in [-0.2, -0.15) is 0 Å². The summed E-state index contributed by atoms with van der Waals surface area (Å²) >= 11 is 0. The zero-order chi connectivity index (χ0) is 12.2. The molecule has 16 heavy (non-hydrogen) atoms. The molecule has 2 amide bonds. The lowest BCUT2D eigenvalue weighted by atomic mass is 9.94. The van der Waals surface area contributed by atoms with Crippen LogP contribution in [-0.2, 0) is 4.74 Å². The number of carbonyl (C=O) groups is 1. The molecule has 0 spiro atoms. The number of carbonyl (C=O) groups excluding carboxylic acids is 1. The fraction of sp³-hybridized carbons (Fsp3) is 0.909. The summed E-state index contributed by atoms with van der Waals surface area (Å²) in [4.78, 5) is 15.0. The average molecular weight is 230 g/mol. The van der Waals surface area contributed by atoms with Gasteiger partial charge < -0.3 is 19.6 Å². The van der Waals surface area contributed by atoms with Crippen LogP contribution in [0.5, 0.6) is 0 Å². The summed E-state index contributed by atoms with van der Waals surface area (Å²) in [5.74, 6) is 0. The Morgan fingerprint density at radius 1 is 1.31 bits per heavy atom. The third-order valence-corrected chi connectivity index (χ3v) is 3.08. The molecule has 1 aliphatic rings. The second-order valence-electron chi connectivity index (χ2n) is 4.49. The van der Waals surface area contributed by atoms with Crippen molar-refractivity contribution < 1.29 is 14.6 Å². The molecule has 0 bridgehead atoms. The van der Waals surface area contributed by atoms with Crippen LogP contribution in [0, 0.1) is 0 Å². The molecule has 0 unspecified atom stereocenters. The van der Waals surface area contributed by atoms with E-state index in [2.05, 4.69) is 0 Å². The Bertz CT molecular complexity index is 239. The minimum absolute atomic E-state index is 0.0533. The second-order valence-corrected chi connectivity index (χ2v) is 4.49. The van der Waals surface area contributed by atoms with E-state index < -0.39 is 5.60 Å². The molecule has 1 saturated heterocycles. The van der Waals surface area contributed by atoms with E-state index in [-0.39, 0.29) is 6.03 Å². The van der Waals surface area contributed by atoms with Gasteiger partial charge in [0.05, 0.1) is 12.1 Å². The Hall–Kier alpha value is -0.810. The summed E-state index contributed by atoms with van der Waals surface area (Å²) in [6, 6.07) is -0.0533. The number of hydrogen-bond donors (Lipinski definition) is 1. The van der Waals surface area contributed by atoms with Crippen molar-refractivity contribution in [3.63, 3.8) is 0 Å². The van der Waals surface area contributed by atoms with Gasteiger partial charge in [-0.05, 0) is 6.92 Å². The van der Waals surface area contributed by atoms with Crippen LogP contribution in [0.1, 0.15) is 19.8 Å². The summed E-state index contributed by atoms with van der Waals surface area (Å²) in [7, 11) is 3.48.